The van der Waals surface area contributed by atoms with Crippen molar-refractivity contribution in [3.63, 3.8) is 0 Å². The van der Waals surface area contributed by atoms with Crippen molar-refractivity contribution in [2.24, 2.45) is 11.8 Å². The van der Waals surface area contributed by atoms with Crippen molar-refractivity contribution < 1.29 is 34.0 Å². The van der Waals surface area contributed by atoms with E-state index in [1.54, 1.807) is 13.8 Å². The van der Waals surface area contributed by atoms with E-state index < -0.39 is 30.0 Å². The van der Waals surface area contributed by atoms with Crippen LogP contribution in [-0.2, 0) is 23.8 Å². The predicted octanol–water partition coefficient (Wildman–Crippen LogP) is 2.01. The Bertz CT molecular complexity index is 693. The van der Waals surface area contributed by atoms with Crippen LogP contribution in [0.3, 0.4) is 0 Å². The third kappa shape index (κ3) is 4.47. The fraction of sp³-hybridized carbons (Fsp3) is 0.714. The Morgan fingerprint density at radius 2 is 2.00 bits per heavy atom. The average Bonchev–Trinajstić information content (AvgIpc) is 3.05. The van der Waals surface area contributed by atoms with Gasteiger partial charge in [0, 0.05) is 30.8 Å². The van der Waals surface area contributed by atoms with Crippen LogP contribution in [0.1, 0.15) is 53.4 Å². The second-order valence-electron chi connectivity index (χ2n) is 8.51. The summed E-state index contributed by atoms with van der Waals surface area (Å²) in [6, 6.07) is 0. The number of hydrogen-bond acceptors (Lipinski definition) is 7. The molecule has 2 bridgehead atoms. The van der Waals surface area contributed by atoms with Gasteiger partial charge in [0.05, 0.1) is 17.6 Å². The molecule has 0 radical (unpaired) electrons. The van der Waals surface area contributed by atoms with Crippen LogP contribution in [0.4, 0.5) is 0 Å². The molecule has 2 N–H and O–H groups in total. The number of aliphatic hydroxyl groups excluding tert-OH is 1. The third-order valence-electron chi connectivity index (χ3n) is 6.02. The van der Waals surface area contributed by atoms with Crippen molar-refractivity contribution in [1.82, 2.24) is 0 Å². The molecule has 0 amide bonds. The lowest BCUT2D eigenvalue weighted by molar-refractivity contribution is -0.171. The molecule has 7 atom stereocenters. The summed E-state index contributed by atoms with van der Waals surface area (Å²) in [7, 11) is 0. The summed E-state index contributed by atoms with van der Waals surface area (Å²) in [5, 5.41) is 20.7. The molecule has 0 saturated carbocycles. The summed E-state index contributed by atoms with van der Waals surface area (Å²) in [6.07, 6.45) is 2.38. The molecule has 4 unspecified atom stereocenters. The van der Waals surface area contributed by atoms with Gasteiger partial charge < -0.3 is 24.4 Å². The summed E-state index contributed by atoms with van der Waals surface area (Å²) >= 11 is 0. The largest absolute Gasteiger partial charge is 0.461 e. The molecule has 2 heterocycles. The SMILES string of the molecule is CCC(C)(O)CC(O)O[C@@H]1/C=C(\C)C[C@@H]2C=C(C[C@@H]3OC(=O)C(C)C31)C(=O)O2. The molecule has 3 rings (SSSR count). The van der Waals surface area contributed by atoms with Crippen molar-refractivity contribution in [3.05, 3.63) is 23.3 Å². The molecule has 7 nitrogen and oxygen atoms in total. The first kappa shape index (κ1) is 21.0. The Labute approximate surface area is 165 Å². The van der Waals surface area contributed by atoms with Gasteiger partial charge in [-0.3, -0.25) is 4.79 Å². The molecular formula is C21H30O7. The zero-order valence-electron chi connectivity index (χ0n) is 16.9. The van der Waals surface area contributed by atoms with Gasteiger partial charge in [-0.15, -0.1) is 0 Å². The second-order valence-corrected chi connectivity index (χ2v) is 8.51. The lowest BCUT2D eigenvalue weighted by Crippen LogP contribution is -2.39. The van der Waals surface area contributed by atoms with Crippen LogP contribution in [0.2, 0.25) is 0 Å². The Balaban J connectivity index is 1.88. The molecule has 3 aliphatic rings. The van der Waals surface area contributed by atoms with Crippen molar-refractivity contribution in [1.29, 1.82) is 0 Å². The molecule has 7 heteroatoms. The van der Waals surface area contributed by atoms with Crippen molar-refractivity contribution in [3.8, 4) is 0 Å². The van der Waals surface area contributed by atoms with Gasteiger partial charge in [-0.25, -0.2) is 4.79 Å². The minimum Gasteiger partial charge on any atom is -0.461 e. The van der Waals surface area contributed by atoms with E-state index in [0.29, 0.717) is 18.4 Å². The van der Waals surface area contributed by atoms with E-state index in [0.717, 1.165) is 5.57 Å². The molecule has 1 saturated heterocycles. The quantitative estimate of drug-likeness (QED) is 0.418. The summed E-state index contributed by atoms with van der Waals surface area (Å²) in [4.78, 5) is 24.4. The maximum atomic E-state index is 12.3. The number of rotatable bonds is 5. The number of carbonyl (C=O) groups excluding carboxylic acids is 2. The summed E-state index contributed by atoms with van der Waals surface area (Å²) in [6.45, 7) is 7.16. The van der Waals surface area contributed by atoms with Gasteiger partial charge in [0.15, 0.2) is 6.29 Å². The normalized spacial score (nSPS) is 37.7. The van der Waals surface area contributed by atoms with Crippen LogP contribution in [0.25, 0.3) is 0 Å². The summed E-state index contributed by atoms with van der Waals surface area (Å²) in [5.41, 5.74) is 0.400. The molecule has 0 spiro atoms. The molecule has 0 aromatic rings. The van der Waals surface area contributed by atoms with Gasteiger partial charge in [0.25, 0.3) is 0 Å². The Morgan fingerprint density at radius 1 is 1.29 bits per heavy atom. The maximum absolute atomic E-state index is 12.3. The highest BCUT2D eigenvalue weighted by molar-refractivity contribution is 5.91. The number of aliphatic hydroxyl groups is 2. The zero-order chi connectivity index (χ0) is 20.6. The predicted molar refractivity (Wildman–Crippen MR) is 99.9 cm³/mol. The van der Waals surface area contributed by atoms with E-state index in [-0.39, 0.29) is 36.8 Å². The van der Waals surface area contributed by atoms with Gasteiger partial charge >= 0.3 is 11.9 Å². The van der Waals surface area contributed by atoms with Crippen molar-refractivity contribution >= 4 is 11.9 Å². The van der Waals surface area contributed by atoms with Gasteiger partial charge in [0.2, 0.25) is 0 Å². The van der Waals surface area contributed by atoms with Crippen molar-refractivity contribution in [2.45, 2.75) is 83.6 Å². The highest BCUT2D eigenvalue weighted by atomic mass is 16.6. The standard InChI is InChI=1S/C21H30O7/c1-5-21(4,25)10-17(22)27-15-7-11(2)6-14-8-13(20(24)26-14)9-16-18(15)12(3)19(23)28-16/h7-8,12,14-18,22,25H,5-6,9-10H2,1-4H3/b11-7+/t12?,14-,15-,16+,17?,18?,21?/m1/s1. The number of esters is 2. The smallest absolute Gasteiger partial charge is 0.334 e. The number of ether oxygens (including phenoxy) is 3. The third-order valence-corrected chi connectivity index (χ3v) is 6.02. The Hall–Kier alpha value is -1.70. The molecule has 28 heavy (non-hydrogen) atoms. The van der Waals surface area contributed by atoms with E-state index in [4.69, 9.17) is 14.2 Å². The first-order chi connectivity index (χ1) is 13.1. The summed E-state index contributed by atoms with van der Waals surface area (Å²) < 4.78 is 16.9. The Morgan fingerprint density at radius 3 is 2.68 bits per heavy atom. The van der Waals surface area contributed by atoms with Gasteiger partial charge in [-0.05, 0) is 26.3 Å². The van der Waals surface area contributed by atoms with Crippen molar-refractivity contribution in [2.75, 3.05) is 0 Å². The fourth-order valence-electron chi connectivity index (χ4n) is 4.15. The molecule has 0 aromatic heterocycles. The van der Waals surface area contributed by atoms with Gasteiger partial charge in [0.1, 0.15) is 12.2 Å². The number of carbonyl (C=O) groups is 2. The van der Waals surface area contributed by atoms with Gasteiger partial charge in [-0.2, -0.15) is 0 Å². The molecule has 1 fully saturated rings. The molecule has 1 aliphatic carbocycles. The monoisotopic (exact) mass is 394 g/mol. The van der Waals surface area contributed by atoms with Crippen LogP contribution in [-0.4, -0.2) is 52.4 Å². The highest BCUT2D eigenvalue weighted by Crippen LogP contribution is 2.39. The van der Waals surface area contributed by atoms with E-state index in [9.17, 15) is 19.8 Å². The lowest BCUT2D eigenvalue weighted by Gasteiger charge is -2.32. The molecular weight excluding hydrogens is 364 g/mol. The molecule has 2 aliphatic heterocycles. The summed E-state index contributed by atoms with van der Waals surface area (Å²) in [5.74, 6) is -1.50. The fourth-order valence-corrected chi connectivity index (χ4v) is 4.15. The zero-order valence-corrected chi connectivity index (χ0v) is 16.9. The van der Waals surface area contributed by atoms with Crippen LogP contribution < -0.4 is 0 Å². The number of hydrogen-bond donors (Lipinski definition) is 2. The van der Waals surface area contributed by atoms with E-state index in [2.05, 4.69) is 0 Å². The van der Waals surface area contributed by atoms with Crippen LogP contribution in [0, 0.1) is 11.8 Å². The molecule has 0 aromatic carbocycles. The first-order valence-corrected chi connectivity index (χ1v) is 9.95. The maximum Gasteiger partial charge on any atom is 0.334 e. The van der Waals surface area contributed by atoms with Crippen LogP contribution in [0.15, 0.2) is 23.3 Å². The first-order valence-electron chi connectivity index (χ1n) is 9.95. The lowest BCUT2D eigenvalue weighted by atomic mass is 9.82. The minimum absolute atomic E-state index is 0.0584. The van der Waals surface area contributed by atoms with Crippen LogP contribution in [0.5, 0.6) is 0 Å². The Kier molecular flexibility index (Phi) is 5.98. The van der Waals surface area contributed by atoms with E-state index >= 15 is 0 Å². The second kappa shape index (κ2) is 7.97. The van der Waals surface area contributed by atoms with E-state index in [1.807, 2.05) is 26.0 Å². The molecule has 156 valence electrons. The topological polar surface area (TPSA) is 102 Å². The van der Waals surface area contributed by atoms with E-state index in [1.165, 1.54) is 0 Å². The minimum atomic E-state index is -1.19. The number of fused-ring (bicyclic) bond motifs is 2. The van der Waals surface area contributed by atoms with Crippen LogP contribution >= 0.6 is 0 Å². The van der Waals surface area contributed by atoms with Gasteiger partial charge in [-0.1, -0.05) is 25.5 Å². The average molecular weight is 394 g/mol. The highest BCUT2D eigenvalue weighted by Gasteiger charge is 2.48.